The van der Waals surface area contributed by atoms with E-state index in [1.165, 1.54) is 0 Å². The minimum Gasteiger partial charge on any atom is -0.366 e. The van der Waals surface area contributed by atoms with Gasteiger partial charge in [0.1, 0.15) is 0 Å². The van der Waals surface area contributed by atoms with Crippen LogP contribution in [0.3, 0.4) is 0 Å². The van der Waals surface area contributed by atoms with E-state index in [1.54, 1.807) is 17.4 Å². The van der Waals surface area contributed by atoms with E-state index in [4.69, 9.17) is 34.9 Å². The van der Waals surface area contributed by atoms with Gasteiger partial charge in [0.05, 0.1) is 21.8 Å². The molecule has 1 saturated heterocycles. The first-order valence-electron chi connectivity index (χ1n) is 11.2. The molecule has 176 valence electrons. The molecule has 1 aliphatic heterocycles. The number of piperazine rings is 1. The molecule has 0 bridgehead atoms. The van der Waals surface area contributed by atoms with Crippen LogP contribution in [0.15, 0.2) is 48.0 Å². The van der Waals surface area contributed by atoms with Crippen molar-refractivity contribution in [3.63, 3.8) is 0 Å². The van der Waals surface area contributed by atoms with Gasteiger partial charge in [-0.3, -0.25) is 14.9 Å². The first-order chi connectivity index (χ1) is 16.0. The number of anilines is 1. The van der Waals surface area contributed by atoms with Gasteiger partial charge >= 0.3 is 0 Å². The van der Waals surface area contributed by atoms with Gasteiger partial charge in [-0.05, 0) is 35.6 Å². The predicted octanol–water partition coefficient (Wildman–Crippen LogP) is 3.98. The Morgan fingerprint density at radius 3 is 2.58 bits per heavy atom. The van der Waals surface area contributed by atoms with Crippen LogP contribution in [0.2, 0.25) is 10.0 Å². The standard InChI is InChI=1S/C23H30Cl2N8/c1-2-3-8-33(27)23(30-26)21(17-4-5-20-16(13-17)6-7-29-20)31-9-11-32(12-10-31)22-18(24)14-28-15-19(22)25/h4-7,13-15,21,29H,2-3,8-12,26-27H2,1H3/b30-23-. The molecule has 5 N–H and O–H groups in total. The maximum atomic E-state index is 6.45. The lowest BCUT2D eigenvalue weighted by molar-refractivity contribution is 0.214. The van der Waals surface area contributed by atoms with E-state index in [0.29, 0.717) is 22.4 Å². The number of amidine groups is 1. The second-order valence-corrected chi connectivity index (χ2v) is 9.05. The number of benzene rings is 1. The number of aromatic amines is 1. The summed E-state index contributed by atoms with van der Waals surface area (Å²) in [4.78, 5) is 11.9. The minimum absolute atomic E-state index is 0.165. The smallest absolute Gasteiger partial charge is 0.160 e. The highest BCUT2D eigenvalue weighted by atomic mass is 35.5. The van der Waals surface area contributed by atoms with Crippen molar-refractivity contribution in [1.82, 2.24) is 19.9 Å². The summed E-state index contributed by atoms with van der Waals surface area (Å²) in [5, 5.41) is 8.12. The van der Waals surface area contributed by atoms with E-state index in [0.717, 1.165) is 61.2 Å². The van der Waals surface area contributed by atoms with Gasteiger partial charge in [0.2, 0.25) is 0 Å². The molecule has 0 aliphatic carbocycles. The third kappa shape index (κ3) is 5.04. The van der Waals surface area contributed by atoms with Crippen molar-refractivity contribution in [3.05, 3.63) is 58.5 Å². The molecule has 1 fully saturated rings. The molecule has 4 rings (SSSR count). The number of pyridine rings is 1. The zero-order valence-electron chi connectivity index (χ0n) is 18.7. The van der Waals surface area contributed by atoms with Crippen LogP contribution in [0, 0.1) is 0 Å². The number of hydrazone groups is 1. The summed E-state index contributed by atoms with van der Waals surface area (Å²) in [6, 6.07) is 8.29. The molecule has 2 aromatic heterocycles. The van der Waals surface area contributed by atoms with Crippen LogP contribution in [0.1, 0.15) is 31.4 Å². The Kier molecular flexibility index (Phi) is 7.60. The van der Waals surface area contributed by atoms with Crippen LogP contribution in [0.4, 0.5) is 5.69 Å². The number of nitrogens with zero attached hydrogens (tertiary/aromatic N) is 5. The number of rotatable bonds is 7. The highest BCUT2D eigenvalue weighted by Crippen LogP contribution is 2.34. The number of hydrogen-bond donors (Lipinski definition) is 3. The molecule has 0 spiro atoms. The number of hydrazine groups is 1. The number of unbranched alkanes of at least 4 members (excludes halogenated alkanes) is 1. The summed E-state index contributed by atoms with van der Waals surface area (Å²) in [7, 11) is 0. The van der Waals surface area contributed by atoms with Gasteiger partial charge in [-0.1, -0.05) is 42.6 Å². The largest absolute Gasteiger partial charge is 0.366 e. The lowest BCUT2D eigenvalue weighted by Gasteiger charge is -2.42. The van der Waals surface area contributed by atoms with Crippen LogP contribution in [0.25, 0.3) is 10.9 Å². The molecule has 33 heavy (non-hydrogen) atoms. The summed E-state index contributed by atoms with van der Waals surface area (Å²) in [6.07, 6.45) is 7.20. The third-order valence-corrected chi connectivity index (χ3v) is 6.69. The molecule has 1 aliphatic rings. The van der Waals surface area contributed by atoms with Crippen LogP contribution >= 0.6 is 23.2 Å². The molecule has 0 saturated carbocycles. The molecular weight excluding hydrogens is 459 g/mol. The van der Waals surface area contributed by atoms with Crippen molar-refractivity contribution in [2.24, 2.45) is 16.8 Å². The lowest BCUT2D eigenvalue weighted by atomic mass is 10.0. The van der Waals surface area contributed by atoms with E-state index in [9.17, 15) is 0 Å². The van der Waals surface area contributed by atoms with Crippen LogP contribution in [0.5, 0.6) is 0 Å². The number of nitrogens with one attached hydrogen (secondary N) is 1. The number of nitrogens with two attached hydrogens (primary N) is 2. The van der Waals surface area contributed by atoms with Gasteiger partial charge < -0.3 is 15.7 Å². The van der Waals surface area contributed by atoms with E-state index in [-0.39, 0.29) is 6.04 Å². The fraction of sp³-hybridized carbons (Fsp3) is 0.391. The highest BCUT2D eigenvalue weighted by Gasteiger charge is 2.32. The second kappa shape index (κ2) is 10.6. The molecule has 10 heteroatoms. The summed E-state index contributed by atoms with van der Waals surface area (Å²) in [6.45, 7) is 5.88. The van der Waals surface area contributed by atoms with Crippen molar-refractivity contribution >= 4 is 45.6 Å². The SMILES string of the molecule is CCCCN(N)/C(=N\N)C(c1ccc2[nH]ccc2c1)N1CCN(c2c(Cl)cncc2Cl)CC1. The monoisotopic (exact) mass is 488 g/mol. The normalized spacial score (nSPS) is 16.4. The Morgan fingerprint density at radius 1 is 1.18 bits per heavy atom. The fourth-order valence-electron chi connectivity index (χ4n) is 4.42. The Bertz CT molecular complexity index is 1090. The number of aromatic nitrogens is 2. The number of hydrogen-bond acceptors (Lipinski definition) is 6. The zero-order valence-corrected chi connectivity index (χ0v) is 20.2. The molecular formula is C23H30Cl2N8. The van der Waals surface area contributed by atoms with Crippen molar-refractivity contribution < 1.29 is 0 Å². The second-order valence-electron chi connectivity index (χ2n) is 8.24. The quantitative estimate of drug-likeness (QED) is 0.201. The third-order valence-electron chi connectivity index (χ3n) is 6.14. The number of halogens is 2. The Labute approximate surface area is 204 Å². The summed E-state index contributed by atoms with van der Waals surface area (Å²) in [5.74, 6) is 13.0. The Hall–Kier alpha value is -2.52. The molecule has 3 aromatic rings. The molecule has 0 amide bonds. The first-order valence-corrected chi connectivity index (χ1v) is 11.9. The lowest BCUT2D eigenvalue weighted by Crippen LogP contribution is -2.53. The molecule has 3 heterocycles. The molecule has 1 atom stereocenters. The van der Waals surface area contributed by atoms with Gasteiger partial charge in [0.25, 0.3) is 0 Å². The maximum Gasteiger partial charge on any atom is 0.160 e. The summed E-state index contributed by atoms with van der Waals surface area (Å²) >= 11 is 12.8. The van der Waals surface area contributed by atoms with Crippen LogP contribution < -0.4 is 16.6 Å². The number of H-pyrrole nitrogens is 1. The topological polar surface area (TPSA) is 103 Å². The fourth-order valence-corrected chi connectivity index (χ4v) is 5.02. The van der Waals surface area contributed by atoms with E-state index in [2.05, 4.69) is 56.1 Å². The number of fused-ring (bicyclic) bond motifs is 1. The van der Waals surface area contributed by atoms with Crippen LogP contribution in [-0.2, 0) is 0 Å². The van der Waals surface area contributed by atoms with E-state index < -0.39 is 0 Å². The summed E-state index contributed by atoms with van der Waals surface area (Å²) in [5.41, 5.74) is 3.02. The van der Waals surface area contributed by atoms with Crippen LogP contribution in [-0.4, -0.2) is 58.4 Å². The van der Waals surface area contributed by atoms with Crippen molar-refractivity contribution in [1.29, 1.82) is 0 Å². The molecule has 0 radical (unpaired) electrons. The minimum atomic E-state index is -0.165. The highest BCUT2D eigenvalue weighted by molar-refractivity contribution is 6.38. The Balaban J connectivity index is 1.62. The van der Waals surface area contributed by atoms with E-state index in [1.807, 2.05) is 6.20 Å². The predicted molar refractivity (Wildman–Crippen MR) is 137 cm³/mol. The average Bonchev–Trinajstić information content (AvgIpc) is 3.29. The van der Waals surface area contributed by atoms with E-state index >= 15 is 0 Å². The van der Waals surface area contributed by atoms with Crippen molar-refractivity contribution in [2.45, 2.75) is 25.8 Å². The van der Waals surface area contributed by atoms with Crippen molar-refractivity contribution in [3.8, 4) is 0 Å². The van der Waals surface area contributed by atoms with Gasteiger partial charge in [0, 0.05) is 56.8 Å². The van der Waals surface area contributed by atoms with Gasteiger partial charge in [-0.15, -0.1) is 0 Å². The Morgan fingerprint density at radius 2 is 1.91 bits per heavy atom. The summed E-state index contributed by atoms with van der Waals surface area (Å²) < 4.78 is 0. The molecule has 1 unspecified atom stereocenters. The molecule has 1 aromatic carbocycles. The average molecular weight is 489 g/mol. The maximum absolute atomic E-state index is 6.45. The first kappa shape index (κ1) is 23.6. The van der Waals surface area contributed by atoms with Gasteiger partial charge in [-0.2, -0.15) is 5.10 Å². The van der Waals surface area contributed by atoms with Gasteiger partial charge in [0.15, 0.2) is 5.84 Å². The zero-order chi connectivity index (χ0) is 23.4. The molecule has 8 nitrogen and oxygen atoms in total. The van der Waals surface area contributed by atoms with Gasteiger partial charge in [-0.25, -0.2) is 5.84 Å². The van der Waals surface area contributed by atoms with Crippen molar-refractivity contribution in [2.75, 3.05) is 37.6 Å².